The molecule has 3 N–H and O–H groups in total. The minimum atomic E-state index is -0.550. The van der Waals surface area contributed by atoms with Crippen molar-refractivity contribution in [1.82, 2.24) is 5.43 Å². The maximum absolute atomic E-state index is 12.1. The molecule has 2 rings (SSSR count). The quantitative estimate of drug-likeness (QED) is 0.788. The highest BCUT2D eigenvalue weighted by atomic mass is 16.5. The Morgan fingerprint density at radius 3 is 2.32 bits per heavy atom. The Balaban J connectivity index is 1.96. The first-order chi connectivity index (χ1) is 10.6. The highest BCUT2D eigenvalue weighted by Crippen LogP contribution is 2.13. The fourth-order valence-corrected chi connectivity index (χ4v) is 1.79. The van der Waals surface area contributed by atoms with Crippen molar-refractivity contribution in [2.24, 2.45) is 5.73 Å². The number of hydrazine groups is 1. The maximum Gasteiger partial charge on any atom is 0.269 e. The van der Waals surface area contributed by atoms with E-state index in [9.17, 15) is 9.59 Å². The summed E-state index contributed by atoms with van der Waals surface area (Å²) in [6.45, 7) is -0.192. The van der Waals surface area contributed by atoms with E-state index in [0.717, 1.165) is 5.69 Å². The molecular formula is C16H17N3O3. The molecule has 0 fully saturated rings. The van der Waals surface area contributed by atoms with Crippen LogP contribution in [0.1, 0.15) is 10.4 Å². The summed E-state index contributed by atoms with van der Waals surface area (Å²) < 4.78 is 5.14. The number of ether oxygens (including phenoxy) is 1. The first-order valence-corrected chi connectivity index (χ1v) is 6.67. The Kier molecular flexibility index (Phi) is 4.98. The molecule has 0 spiro atoms. The number of carbonyl (C=O) groups excluding carboxylic acids is 2. The van der Waals surface area contributed by atoms with E-state index in [1.165, 1.54) is 0 Å². The zero-order valence-electron chi connectivity index (χ0n) is 12.2. The third kappa shape index (κ3) is 4.24. The van der Waals surface area contributed by atoms with Crippen LogP contribution in [0.25, 0.3) is 0 Å². The van der Waals surface area contributed by atoms with E-state index in [2.05, 4.69) is 5.43 Å². The van der Waals surface area contributed by atoms with E-state index in [4.69, 9.17) is 10.5 Å². The molecule has 2 amide bonds. The van der Waals surface area contributed by atoms with Gasteiger partial charge in [-0.05, 0) is 36.4 Å². The van der Waals surface area contributed by atoms with Gasteiger partial charge in [-0.15, -0.1) is 0 Å². The summed E-state index contributed by atoms with van der Waals surface area (Å²) in [6.07, 6.45) is 0. The van der Waals surface area contributed by atoms with Gasteiger partial charge in [0, 0.05) is 12.6 Å². The van der Waals surface area contributed by atoms with Crippen LogP contribution < -0.4 is 20.9 Å². The number of anilines is 1. The van der Waals surface area contributed by atoms with Crippen molar-refractivity contribution in [3.63, 3.8) is 0 Å². The molecule has 0 aliphatic rings. The Morgan fingerprint density at radius 1 is 1.09 bits per heavy atom. The molecule has 0 radical (unpaired) electrons. The van der Waals surface area contributed by atoms with Crippen molar-refractivity contribution in [1.29, 1.82) is 0 Å². The first-order valence-electron chi connectivity index (χ1n) is 6.67. The Labute approximate surface area is 128 Å². The van der Waals surface area contributed by atoms with Crippen molar-refractivity contribution in [2.45, 2.75) is 0 Å². The number of primary amides is 1. The van der Waals surface area contributed by atoms with Gasteiger partial charge in [-0.25, -0.2) is 0 Å². The van der Waals surface area contributed by atoms with Gasteiger partial charge in [0.1, 0.15) is 5.75 Å². The number of hydrogen-bond donors (Lipinski definition) is 2. The summed E-state index contributed by atoms with van der Waals surface area (Å²) in [5, 5.41) is 1.64. The zero-order chi connectivity index (χ0) is 15.9. The van der Waals surface area contributed by atoms with Crippen molar-refractivity contribution >= 4 is 17.5 Å². The van der Waals surface area contributed by atoms with Gasteiger partial charge in [0.05, 0.1) is 5.69 Å². The molecule has 6 heteroatoms. The lowest BCUT2D eigenvalue weighted by Crippen LogP contribution is -2.39. The number of para-hydroxylation sites is 1. The average Bonchev–Trinajstić information content (AvgIpc) is 2.54. The topological polar surface area (TPSA) is 84.7 Å². The van der Waals surface area contributed by atoms with Gasteiger partial charge in [0.2, 0.25) is 0 Å². The standard InChI is InChI=1S/C16H17N3O3/c1-19(13-5-3-2-4-6-13)18-16(21)12-7-9-14(10-8-12)22-11-15(17)20/h2-10H,11H2,1H3,(H2,17,20)(H,18,21). The molecule has 114 valence electrons. The highest BCUT2D eigenvalue weighted by molar-refractivity contribution is 5.95. The van der Waals surface area contributed by atoms with E-state index in [-0.39, 0.29) is 12.5 Å². The Hall–Kier alpha value is -3.02. The van der Waals surface area contributed by atoms with Gasteiger partial charge in [-0.3, -0.25) is 20.0 Å². The van der Waals surface area contributed by atoms with Crippen LogP contribution >= 0.6 is 0 Å². The number of hydrogen-bond acceptors (Lipinski definition) is 4. The fraction of sp³-hybridized carbons (Fsp3) is 0.125. The lowest BCUT2D eigenvalue weighted by molar-refractivity contribution is -0.119. The smallest absolute Gasteiger partial charge is 0.269 e. The molecule has 0 saturated carbocycles. The van der Waals surface area contributed by atoms with Crippen molar-refractivity contribution in [2.75, 3.05) is 18.7 Å². The van der Waals surface area contributed by atoms with Crippen molar-refractivity contribution in [3.05, 3.63) is 60.2 Å². The molecular weight excluding hydrogens is 282 g/mol. The number of amides is 2. The first kappa shape index (κ1) is 15.4. The molecule has 0 atom stereocenters. The second-order valence-electron chi connectivity index (χ2n) is 4.61. The molecule has 0 saturated heterocycles. The average molecular weight is 299 g/mol. The van der Waals surface area contributed by atoms with E-state index >= 15 is 0 Å². The molecule has 0 aliphatic heterocycles. The molecule has 2 aromatic carbocycles. The summed E-state index contributed by atoms with van der Waals surface area (Å²) >= 11 is 0. The molecule has 22 heavy (non-hydrogen) atoms. The van der Waals surface area contributed by atoms with Crippen molar-refractivity contribution < 1.29 is 14.3 Å². The van der Waals surface area contributed by atoms with E-state index < -0.39 is 5.91 Å². The molecule has 0 unspecified atom stereocenters. The molecule has 2 aromatic rings. The van der Waals surface area contributed by atoms with Gasteiger partial charge in [-0.1, -0.05) is 18.2 Å². The molecule has 0 bridgehead atoms. The van der Waals surface area contributed by atoms with Gasteiger partial charge in [0.15, 0.2) is 6.61 Å². The second-order valence-corrected chi connectivity index (χ2v) is 4.61. The van der Waals surface area contributed by atoms with Gasteiger partial charge >= 0.3 is 0 Å². The molecule has 6 nitrogen and oxygen atoms in total. The van der Waals surface area contributed by atoms with Crippen LogP contribution in [0.4, 0.5) is 5.69 Å². The predicted molar refractivity (Wildman–Crippen MR) is 83.4 cm³/mol. The number of nitrogens with zero attached hydrogens (tertiary/aromatic N) is 1. The predicted octanol–water partition coefficient (Wildman–Crippen LogP) is 1.33. The monoisotopic (exact) mass is 299 g/mol. The van der Waals surface area contributed by atoms with Gasteiger partial charge in [-0.2, -0.15) is 0 Å². The second kappa shape index (κ2) is 7.12. The van der Waals surface area contributed by atoms with Crippen molar-refractivity contribution in [3.8, 4) is 5.75 Å². The zero-order valence-corrected chi connectivity index (χ0v) is 12.2. The number of benzene rings is 2. The van der Waals surface area contributed by atoms with E-state index in [1.54, 1.807) is 36.3 Å². The summed E-state index contributed by atoms with van der Waals surface area (Å²) in [6, 6.07) is 15.9. The molecule has 0 heterocycles. The summed E-state index contributed by atoms with van der Waals surface area (Å²) in [4.78, 5) is 22.8. The van der Waals surface area contributed by atoms with Gasteiger partial charge < -0.3 is 10.5 Å². The lowest BCUT2D eigenvalue weighted by atomic mass is 10.2. The van der Waals surface area contributed by atoms with E-state index in [1.807, 2.05) is 30.3 Å². The SMILES string of the molecule is CN(NC(=O)c1ccc(OCC(N)=O)cc1)c1ccccc1. The van der Waals surface area contributed by atoms with Gasteiger partial charge in [0.25, 0.3) is 11.8 Å². The largest absolute Gasteiger partial charge is 0.484 e. The summed E-state index contributed by atoms with van der Waals surface area (Å²) in [5.41, 5.74) is 9.11. The van der Waals surface area contributed by atoms with Crippen LogP contribution in [0.15, 0.2) is 54.6 Å². The van der Waals surface area contributed by atoms with Crippen LogP contribution in [0.3, 0.4) is 0 Å². The molecule has 0 aliphatic carbocycles. The van der Waals surface area contributed by atoms with Crippen LogP contribution in [0, 0.1) is 0 Å². The van der Waals surface area contributed by atoms with Crippen LogP contribution in [0.2, 0.25) is 0 Å². The summed E-state index contributed by atoms with van der Waals surface area (Å²) in [7, 11) is 1.76. The highest BCUT2D eigenvalue weighted by Gasteiger charge is 2.09. The number of carbonyl (C=O) groups is 2. The number of nitrogens with two attached hydrogens (primary N) is 1. The minimum Gasteiger partial charge on any atom is -0.484 e. The number of nitrogens with one attached hydrogen (secondary N) is 1. The third-order valence-electron chi connectivity index (χ3n) is 2.91. The van der Waals surface area contributed by atoms with Crippen LogP contribution in [0.5, 0.6) is 5.75 Å². The third-order valence-corrected chi connectivity index (χ3v) is 2.91. The normalized spacial score (nSPS) is 9.86. The maximum atomic E-state index is 12.1. The summed E-state index contributed by atoms with van der Waals surface area (Å²) in [5.74, 6) is -0.314. The molecule has 0 aromatic heterocycles. The van der Waals surface area contributed by atoms with Crippen LogP contribution in [-0.4, -0.2) is 25.5 Å². The Morgan fingerprint density at radius 2 is 1.73 bits per heavy atom. The minimum absolute atomic E-state index is 0.192. The number of rotatable bonds is 6. The lowest BCUT2D eigenvalue weighted by Gasteiger charge is -2.20. The van der Waals surface area contributed by atoms with E-state index in [0.29, 0.717) is 11.3 Å². The van der Waals surface area contributed by atoms with Crippen LogP contribution in [-0.2, 0) is 4.79 Å². The Bertz CT molecular complexity index is 641. The fourth-order valence-electron chi connectivity index (χ4n) is 1.79.